The van der Waals surface area contributed by atoms with Crippen LogP contribution in [0.2, 0.25) is 0 Å². The fourth-order valence-corrected chi connectivity index (χ4v) is 5.82. The number of aliphatic hydroxyl groups is 1. The van der Waals surface area contributed by atoms with Crippen LogP contribution in [0, 0.1) is 67.3 Å². The van der Waals surface area contributed by atoms with E-state index in [2.05, 4.69) is 104 Å². The van der Waals surface area contributed by atoms with Gasteiger partial charge in [-0.1, -0.05) is 87.7 Å². The van der Waals surface area contributed by atoms with Crippen molar-refractivity contribution in [2.24, 2.45) is 11.8 Å². The molecule has 3 aromatic carbocycles. The summed E-state index contributed by atoms with van der Waals surface area (Å²) in [5, 5.41) is 9.34. The van der Waals surface area contributed by atoms with Crippen LogP contribution in [-0.4, -0.2) is 15.9 Å². The van der Waals surface area contributed by atoms with Crippen molar-refractivity contribution in [3.63, 3.8) is 0 Å². The van der Waals surface area contributed by atoms with Gasteiger partial charge in [-0.05, 0) is 68.7 Å². The van der Waals surface area contributed by atoms with E-state index < -0.39 is 0 Å². The van der Waals surface area contributed by atoms with Crippen LogP contribution in [0.4, 0.5) is 0 Å². The molecule has 0 saturated carbocycles. The number of hydrogen-bond donors (Lipinski definition) is 1. The van der Waals surface area contributed by atoms with Gasteiger partial charge in [0.15, 0.2) is 5.78 Å². The number of aliphatic hydroxyl groups excluding tert-OH is 1. The normalized spacial score (nSPS) is 11.3. The van der Waals surface area contributed by atoms with Crippen molar-refractivity contribution in [2.45, 2.75) is 82.1 Å². The summed E-state index contributed by atoms with van der Waals surface area (Å²) in [7, 11) is 4.42. The van der Waals surface area contributed by atoms with E-state index in [1.54, 1.807) is 0 Å². The molecule has 0 unspecified atom stereocenters. The molecule has 0 saturated heterocycles. The van der Waals surface area contributed by atoms with Crippen molar-refractivity contribution in [2.75, 3.05) is 0 Å². The Morgan fingerprint density at radius 2 is 1.39 bits per heavy atom. The molecule has 0 aliphatic heterocycles. The van der Waals surface area contributed by atoms with Crippen LogP contribution in [0.25, 0.3) is 33.8 Å². The molecule has 0 amide bonds. The average molecular weight is 796 g/mol. The molecule has 0 bridgehead atoms. The van der Waals surface area contributed by atoms with Crippen LogP contribution < -0.4 is 4.57 Å². The minimum absolute atomic E-state index is 0. The summed E-state index contributed by atoms with van der Waals surface area (Å²) in [6.45, 7) is 25.2. The van der Waals surface area contributed by atoms with Crippen LogP contribution >= 0.6 is 0 Å². The fraction of sp³-hybridized carbons (Fsp3) is 0.341. The van der Waals surface area contributed by atoms with Gasteiger partial charge in [-0.3, -0.25) is 9.78 Å². The van der Waals surface area contributed by atoms with Crippen LogP contribution in [-0.2, 0) is 24.9 Å². The van der Waals surface area contributed by atoms with Crippen LogP contribution in [0.5, 0.6) is 0 Å². The molecule has 1 N–H and O–H groups in total. The van der Waals surface area contributed by atoms with Gasteiger partial charge in [-0.2, -0.15) is 18.1 Å². The molecular weight excluding hydrogens is 745 g/mol. The van der Waals surface area contributed by atoms with Gasteiger partial charge in [0.2, 0.25) is 0 Å². The van der Waals surface area contributed by atoms with Gasteiger partial charge in [-0.25, -0.2) is 0 Å². The molecular formula is C41H51IrN2O2-. The summed E-state index contributed by atoms with van der Waals surface area (Å²) in [6.07, 6.45) is 4.51. The summed E-state index contributed by atoms with van der Waals surface area (Å²) >= 11 is 0. The number of aromatic nitrogens is 2. The molecule has 0 aliphatic rings. The summed E-state index contributed by atoms with van der Waals surface area (Å²) in [5.41, 5.74) is 14.4. The fourth-order valence-electron chi connectivity index (χ4n) is 5.82. The number of allylic oxidation sites excluding steroid dienone is 2. The van der Waals surface area contributed by atoms with E-state index in [9.17, 15) is 9.90 Å². The van der Waals surface area contributed by atoms with Gasteiger partial charge in [-0.15, -0.1) is 17.7 Å². The Morgan fingerprint density at radius 1 is 0.848 bits per heavy atom. The van der Waals surface area contributed by atoms with E-state index in [0.29, 0.717) is 24.7 Å². The SMILES string of the molecule is CC(C)CC(=O)/C=C(\O)CC(C)C.[CH2-]c1c(C)cc(C)cc1-c1c(-c2cc(C)cc(C)c2)nc(-c2c(C)cccc2C)c[n+]1[CH2-].[Ir]. The van der Waals surface area contributed by atoms with E-state index in [-0.39, 0.29) is 31.6 Å². The third kappa shape index (κ3) is 10.2. The predicted octanol–water partition coefficient (Wildman–Crippen LogP) is 10.1. The second kappa shape index (κ2) is 16.8. The number of nitrogens with zero attached hydrogens (tertiary/aromatic N) is 2. The van der Waals surface area contributed by atoms with Crippen LogP contribution in [0.1, 0.15) is 79.5 Å². The number of ketones is 1. The molecule has 247 valence electrons. The van der Waals surface area contributed by atoms with Crippen molar-refractivity contribution in [3.8, 4) is 33.8 Å². The minimum Gasteiger partial charge on any atom is -0.512 e. The van der Waals surface area contributed by atoms with E-state index in [1.165, 1.54) is 39.5 Å². The Hall–Kier alpha value is -3.66. The van der Waals surface area contributed by atoms with Gasteiger partial charge < -0.3 is 9.67 Å². The van der Waals surface area contributed by atoms with Gasteiger partial charge in [0.1, 0.15) is 0 Å². The van der Waals surface area contributed by atoms with E-state index in [1.807, 2.05) is 38.5 Å². The zero-order valence-corrected chi connectivity index (χ0v) is 31.7. The maximum absolute atomic E-state index is 11.2. The van der Waals surface area contributed by atoms with Gasteiger partial charge >= 0.3 is 0 Å². The molecule has 4 rings (SSSR count). The molecule has 1 radical (unpaired) electrons. The smallest absolute Gasteiger partial charge is 0.159 e. The molecule has 0 fully saturated rings. The first-order chi connectivity index (χ1) is 21.1. The third-order valence-corrected chi connectivity index (χ3v) is 7.68. The number of benzene rings is 3. The molecule has 4 nitrogen and oxygen atoms in total. The molecule has 5 heteroatoms. The van der Waals surface area contributed by atoms with E-state index in [4.69, 9.17) is 4.98 Å². The molecule has 0 spiro atoms. The maximum Gasteiger partial charge on any atom is 0.159 e. The Bertz CT molecular complexity index is 1680. The van der Waals surface area contributed by atoms with E-state index in [0.717, 1.165) is 39.3 Å². The molecule has 1 aromatic heterocycles. The molecule has 0 atom stereocenters. The summed E-state index contributed by atoms with van der Waals surface area (Å²) < 4.78 is 1.98. The van der Waals surface area contributed by atoms with E-state index >= 15 is 0 Å². The first kappa shape index (κ1) is 38.5. The zero-order valence-electron chi connectivity index (χ0n) is 29.3. The van der Waals surface area contributed by atoms with Gasteiger partial charge in [0.05, 0.1) is 29.0 Å². The molecule has 46 heavy (non-hydrogen) atoms. The topological polar surface area (TPSA) is 54.1 Å². The second-order valence-corrected chi connectivity index (χ2v) is 13.3. The third-order valence-electron chi connectivity index (χ3n) is 7.68. The number of aryl methyl sites for hydroxylation is 6. The summed E-state index contributed by atoms with van der Waals surface area (Å²) in [4.78, 5) is 16.5. The quantitative estimate of drug-likeness (QED) is 0.0837. The first-order valence-corrected chi connectivity index (χ1v) is 15.9. The minimum atomic E-state index is 0. The molecule has 4 aromatic rings. The van der Waals surface area contributed by atoms with Crippen molar-refractivity contribution >= 4 is 5.78 Å². The monoisotopic (exact) mass is 796 g/mol. The predicted molar refractivity (Wildman–Crippen MR) is 189 cm³/mol. The summed E-state index contributed by atoms with van der Waals surface area (Å²) in [6, 6.07) is 17.3. The summed E-state index contributed by atoms with van der Waals surface area (Å²) in [5.74, 6) is 0.979. The van der Waals surface area contributed by atoms with Crippen LogP contribution in [0.3, 0.4) is 0 Å². The first-order valence-electron chi connectivity index (χ1n) is 15.9. The Balaban J connectivity index is 0.000000449. The van der Waals surface area contributed by atoms with Crippen molar-refractivity contribution < 1.29 is 34.6 Å². The zero-order chi connectivity index (χ0) is 33.6. The standard InChI is InChI=1S/C30H31N2.C11H20O2.Ir/c1-18-12-19(2)15-25(14-18)29-30(26-16-20(3)13-23(6)24(26)7)32(8)17-27(31-29)28-21(4)10-9-11-22(28)5;1-8(2)5-10(12)7-11(13)6-9(3)4;/h9-17H,7-8H2,1-6H3;7-9,12H,5-6H2,1-4H3;/q-1;;/b;10-7-;. The maximum atomic E-state index is 11.2. The number of carbonyl (C=O) groups excluding carboxylic acids is 1. The largest absolute Gasteiger partial charge is 0.512 e. The molecule has 1 heterocycles. The number of hydrogen-bond acceptors (Lipinski definition) is 3. The van der Waals surface area contributed by atoms with Crippen molar-refractivity contribution in [3.05, 3.63) is 119 Å². The number of rotatable bonds is 8. The Morgan fingerprint density at radius 3 is 1.93 bits per heavy atom. The average Bonchev–Trinajstić information content (AvgIpc) is 2.89. The van der Waals surface area contributed by atoms with Crippen molar-refractivity contribution in [1.29, 1.82) is 0 Å². The Labute approximate surface area is 291 Å². The number of carbonyl (C=O) groups is 1. The van der Waals surface area contributed by atoms with Crippen LogP contribution in [0.15, 0.2) is 66.6 Å². The van der Waals surface area contributed by atoms with Gasteiger partial charge in [0, 0.05) is 46.1 Å². The van der Waals surface area contributed by atoms with Gasteiger partial charge in [0.25, 0.3) is 0 Å². The van der Waals surface area contributed by atoms with Crippen molar-refractivity contribution in [1.82, 2.24) is 4.98 Å². The molecule has 0 aliphatic carbocycles. The second-order valence-electron chi connectivity index (χ2n) is 13.3. The Kier molecular flexibility index (Phi) is 14.0.